The van der Waals surface area contributed by atoms with E-state index in [1.54, 1.807) is 33.1 Å². The Kier molecular flexibility index (Phi) is 14.2. The SMILES string of the molecule is CCC[CH2][Sn][CH2]CCC.O=C(O)COc1ccccc1Cl. The number of unbranched alkanes of at least 4 members (excludes halogenated alkanes) is 2. The first kappa shape index (κ1) is 20.6. The molecule has 3 nitrogen and oxygen atoms in total. The number of carboxylic acids is 1. The summed E-state index contributed by atoms with van der Waals surface area (Å²) >= 11 is 5.84. The third kappa shape index (κ3) is 13.0. The summed E-state index contributed by atoms with van der Waals surface area (Å²) in [6.45, 7) is 4.21. The number of para-hydroxylation sites is 1. The Morgan fingerprint density at radius 3 is 2.24 bits per heavy atom. The van der Waals surface area contributed by atoms with Gasteiger partial charge in [-0.05, 0) is 12.1 Å². The van der Waals surface area contributed by atoms with Crippen LogP contribution in [0.5, 0.6) is 5.75 Å². The fourth-order valence-corrected chi connectivity index (χ4v) is 5.78. The van der Waals surface area contributed by atoms with E-state index in [2.05, 4.69) is 13.8 Å². The number of halogens is 1. The second kappa shape index (κ2) is 14.5. The monoisotopic (exact) mass is 420 g/mol. The molecule has 0 aliphatic heterocycles. The summed E-state index contributed by atoms with van der Waals surface area (Å²) in [4.78, 5) is 10.1. The summed E-state index contributed by atoms with van der Waals surface area (Å²) in [5.41, 5.74) is 0. The molecule has 0 unspecified atom stereocenters. The first-order chi connectivity index (χ1) is 10.1. The third-order valence-electron chi connectivity index (χ3n) is 2.60. The topological polar surface area (TPSA) is 46.5 Å². The minimum atomic E-state index is -1.02. The molecule has 0 aliphatic carbocycles. The van der Waals surface area contributed by atoms with Crippen molar-refractivity contribution in [2.45, 2.75) is 48.4 Å². The molecule has 1 aromatic carbocycles. The normalized spacial score (nSPS) is 9.67. The molecule has 0 heterocycles. The molecule has 1 N–H and O–H groups in total. The molecule has 0 fully saturated rings. The van der Waals surface area contributed by atoms with Crippen LogP contribution < -0.4 is 4.74 Å². The van der Waals surface area contributed by atoms with E-state index >= 15 is 0 Å². The van der Waals surface area contributed by atoms with Crippen molar-refractivity contribution in [1.29, 1.82) is 0 Å². The van der Waals surface area contributed by atoms with Crippen molar-refractivity contribution in [3.05, 3.63) is 29.3 Å². The smallest absolute Gasteiger partial charge is 0.341 e. The summed E-state index contributed by atoms with van der Waals surface area (Å²) in [5, 5.41) is 8.71. The van der Waals surface area contributed by atoms with E-state index in [9.17, 15) is 4.79 Å². The van der Waals surface area contributed by atoms with Gasteiger partial charge >= 0.3 is 75.5 Å². The molecule has 0 saturated carbocycles. The predicted molar refractivity (Wildman–Crippen MR) is 89.8 cm³/mol. The molecule has 0 aromatic heterocycles. The molecule has 118 valence electrons. The molecule has 1 rings (SSSR count). The van der Waals surface area contributed by atoms with Crippen LogP contribution in [0.1, 0.15) is 39.5 Å². The number of carboxylic acid groups (broad SMARTS) is 1. The van der Waals surface area contributed by atoms with Gasteiger partial charge < -0.3 is 9.84 Å². The molecule has 0 atom stereocenters. The Morgan fingerprint density at radius 2 is 1.76 bits per heavy atom. The Bertz CT molecular complexity index is 380. The van der Waals surface area contributed by atoms with Gasteiger partial charge in [0.1, 0.15) is 5.75 Å². The van der Waals surface area contributed by atoms with E-state index in [0.717, 1.165) is 0 Å². The van der Waals surface area contributed by atoms with E-state index in [0.29, 0.717) is 10.8 Å². The van der Waals surface area contributed by atoms with Gasteiger partial charge in [0.15, 0.2) is 6.61 Å². The molecule has 0 spiro atoms. The van der Waals surface area contributed by atoms with Crippen LogP contribution >= 0.6 is 11.6 Å². The first-order valence-electron chi connectivity index (χ1n) is 7.41. The number of benzene rings is 1. The first-order valence-corrected chi connectivity index (χ1v) is 11.8. The molecule has 2 radical (unpaired) electrons. The summed E-state index contributed by atoms with van der Waals surface area (Å²) in [5.74, 6) is -0.628. The van der Waals surface area contributed by atoms with Crippen LogP contribution in [0.25, 0.3) is 0 Å². The van der Waals surface area contributed by atoms with Crippen LogP contribution in [-0.2, 0) is 4.79 Å². The second-order valence-corrected chi connectivity index (χ2v) is 9.26. The quantitative estimate of drug-likeness (QED) is 0.456. The molecule has 5 heteroatoms. The van der Waals surface area contributed by atoms with Crippen LogP contribution in [0.2, 0.25) is 13.9 Å². The number of hydrogen-bond donors (Lipinski definition) is 1. The summed E-state index contributed by atoms with van der Waals surface area (Å²) in [6, 6.07) is 6.73. The minimum absolute atomic E-state index is 0.149. The number of rotatable bonds is 9. The number of carbonyl (C=O) groups is 1. The van der Waals surface area contributed by atoms with Crippen molar-refractivity contribution >= 4 is 38.7 Å². The van der Waals surface area contributed by atoms with Gasteiger partial charge in [0.05, 0.1) is 5.02 Å². The van der Waals surface area contributed by atoms with Crippen molar-refractivity contribution in [3.8, 4) is 5.75 Å². The Labute approximate surface area is 143 Å². The van der Waals surface area contributed by atoms with Crippen LogP contribution in [0.4, 0.5) is 0 Å². The Balaban J connectivity index is 0.000000400. The molecular weight excluding hydrogens is 394 g/mol. The third-order valence-corrected chi connectivity index (χ3v) is 6.95. The molecule has 1 aromatic rings. The van der Waals surface area contributed by atoms with Gasteiger partial charge in [-0.15, -0.1) is 0 Å². The zero-order chi connectivity index (χ0) is 15.9. The van der Waals surface area contributed by atoms with Gasteiger partial charge in [-0.2, -0.15) is 0 Å². The fraction of sp³-hybridized carbons (Fsp3) is 0.562. The van der Waals surface area contributed by atoms with Gasteiger partial charge in [-0.1, -0.05) is 23.7 Å². The summed E-state index contributed by atoms with van der Waals surface area (Å²) in [6.07, 6.45) is 5.84. The van der Waals surface area contributed by atoms with Crippen molar-refractivity contribution in [3.63, 3.8) is 0 Å². The van der Waals surface area contributed by atoms with Crippen LogP contribution in [0, 0.1) is 0 Å². The van der Waals surface area contributed by atoms with Gasteiger partial charge in [0, 0.05) is 0 Å². The van der Waals surface area contributed by atoms with Gasteiger partial charge in [0.25, 0.3) is 0 Å². The van der Waals surface area contributed by atoms with Crippen LogP contribution in [-0.4, -0.2) is 38.8 Å². The number of aliphatic carboxylic acids is 1. The van der Waals surface area contributed by atoms with Crippen molar-refractivity contribution in [2.24, 2.45) is 0 Å². The van der Waals surface area contributed by atoms with Crippen LogP contribution in [0.3, 0.4) is 0 Å². The second-order valence-electron chi connectivity index (χ2n) is 4.57. The molecule has 0 bridgehead atoms. The van der Waals surface area contributed by atoms with E-state index in [4.69, 9.17) is 21.4 Å². The minimum Gasteiger partial charge on any atom is -0.480 e. The maximum absolute atomic E-state index is 10.1. The average Bonchev–Trinajstić information content (AvgIpc) is 2.47. The molecule has 0 saturated heterocycles. The van der Waals surface area contributed by atoms with E-state index in [1.165, 1.54) is 25.7 Å². The van der Waals surface area contributed by atoms with E-state index in [-0.39, 0.29) is 27.7 Å². The fourth-order valence-electron chi connectivity index (χ4n) is 1.43. The average molecular weight is 420 g/mol. The number of ether oxygens (including phenoxy) is 1. The largest absolute Gasteiger partial charge is 0.480 e. The molecular formula is C16H25ClO3Sn. The molecule has 0 aliphatic rings. The number of hydrogen-bond acceptors (Lipinski definition) is 2. The summed E-state index contributed by atoms with van der Waals surface area (Å²) in [7, 11) is 0. The standard InChI is InChI=1S/C8H7ClO3.2C4H9.Sn/c9-6-3-1-2-4-7(6)12-5-8(10)11;2*1-3-4-2;/h1-4H,5H2,(H,10,11);2*1,3-4H2,2H3;. The zero-order valence-electron chi connectivity index (χ0n) is 12.9. The van der Waals surface area contributed by atoms with Gasteiger partial charge in [-0.25, -0.2) is 4.79 Å². The van der Waals surface area contributed by atoms with Crippen molar-refractivity contribution in [1.82, 2.24) is 0 Å². The Morgan fingerprint density at radius 1 is 1.19 bits per heavy atom. The van der Waals surface area contributed by atoms with E-state index in [1.807, 2.05) is 0 Å². The van der Waals surface area contributed by atoms with Gasteiger partial charge in [-0.3, -0.25) is 0 Å². The van der Waals surface area contributed by atoms with E-state index < -0.39 is 5.97 Å². The molecule has 21 heavy (non-hydrogen) atoms. The zero-order valence-corrected chi connectivity index (χ0v) is 16.5. The van der Waals surface area contributed by atoms with Gasteiger partial charge in [0.2, 0.25) is 0 Å². The predicted octanol–water partition coefficient (Wildman–Crippen LogP) is 4.93. The summed E-state index contributed by atoms with van der Waals surface area (Å²) < 4.78 is 8.12. The molecule has 0 amide bonds. The van der Waals surface area contributed by atoms with Crippen LogP contribution in [0.15, 0.2) is 24.3 Å². The van der Waals surface area contributed by atoms with Crippen molar-refractivity contribution < 1.29 is 14.6 Å². The Hall–Kier alpha value is -0.421. The maximum Gasteiger partial charge on any atom is 0.341 e. The van der Waals surface area contributed by atoms with Crippen molar-refractivity contribution in [2.75, 3.05) is 6.61 Å². The maximum atomic E-state index is 10.1.